The lowest BCUT2D eigenvalue weighted by molar-refractivity contribution is 0.123. The van der Waals surface area contributed by atoms with E-state index in [-0.39, 0.29) is 24.0 Å². The molecular weight excluding hydrogens is 417 g/mol. The van der Waals surface area contributed by atoms with E-state index in [1.165, 1.54) is 12.8 Å². The van der Waals surface area contributed by atoms with Crippen LogP contribution in [0, 0.1) is 5.92 Å². The third kappa shape index (κ3) is 8.73. The van der Waals surface area contributed by atoms with Gasteiger partial charge in [-0.15, -0.1) is 24.0 Å². The van der Waals surface area contributed by atoms with Gasteiger partial charge in [-0.1, -0.05) is 44.9 Å². The van der Waals surface area contributed by atoms with Gasteiger partial charge in [-0.25, -0.2) is 0 Å². The van der Waals surface area contributed by atoms with Crippen LogP contribution in [0.5, 0.6) is 5.75 Å². The van der Waals surface area contributed by atoms with Crippen molar-refractivity contribution < 1.29 is 9.47 Å². The van der Waals surface area contributed by atoms with Gasteiger partial charge in [-0.05, 0) is 12.0 Å². The molecule has 24 heavy (non-hydrogen) atoms. The molecule has 1 aromatic carbocycles. The van der Waals surface area contributed by atoms with Crippen molar-refractivity contribution in [2.75, 3.05) is 33.9 Å². The maximum absolute atomic E-state index is 5.70. The maximum atomic E-state index is 5.70. The van der Waals surface area contributed by atoms with Crippen molar-refractivity contribution in [3.63, 3.8) is 0 Å². The summed E-state index contributed by atoms with van der Waals surface area (Å²) in [5.41, 5.74) is 1.06. The Morgan fingerprint density at radius 1 is 1.17 bits per heavy atom. The van der Waals surface area contributed by atoms with Gasteiger partial charge in [0.25, 0.3) is 0 Å². The van der Waals surface area contributed by atoms with E-state index in [1.807, 2.05) is 24.3 Å². The molecule has 0 fully saturated rings. The van der Waals surface area contributed by atoms with Crippen LogP contribution in [-0.4, -0.2) is 39.8 Å². The van der Waals surface area contributed by atoms with Gasteiger partial charge in [0.05, 0.1) is 20.3 Å². The fraction of sp³-hybridized carbons (Fsp3) is 0.611. The van der Waals surface area contributed by atoms with Crippen LogP contribution in [0.1, 0.15) is 32.3 Å². The predicted octanol–water partition coefficient (Wildman–Crippen LogP) is 3.43. The highest BCUT2D eigenvalue weighted by Crippen LogP contribution is 2.17. The lowest BCUT2D eigenvalue weighted by atomic mass is 10.0. The Morgan fingerprint density at radius 2 is 1.88 bits per heavy atom. The van der Waals surface area contributed by atoms with Gasteiger partial charge < -0.3 is 20.1 Å². The molecule has 0 spiro atoms. The van der Waals surface area contributed by atoms with Crippen LogP contribution in [0.4, 0.5) is 0 Å². The van der Waals surface area contributed by atoms with Crippen LogP contribution < -0.4 is 15.4 Å². The van der Waals surface area contributed by atoms with Gasteiger partial charge in [0.15, 0.2) is 5.96 Å². The number of hydrogen-bond donors (Lipinski definition) is 2. The highest BCUT2D eigenvalue weighted by atomic mass is 127. The number of guanidine groups is 1. The molecule has 0 heterocycles. The zero-order chi connectivity index (χ0) is 16.9. The predicted molar refractivity (Wildman–Crippen MR) is 112 cm³/mol. The van der Waals surface area contributed by atoms with E-state index in [4.69, 9.17) is 9.47 Å². The quantitative estimate of drug-likeness (QED) is 0.249. The molecule has 0 aliphatic rings. The summed E-state index contributed by atoms with van der Waals surface area (Å²) in [6, 6.07) is 7.91. The molecule has 0 bridgehead atoms. The van der Waals surface area contributed by atoms with Crippen molar-refractivity contribution in [1.29, 1.82) is 0 Å². The molecule has 0 saturated carbocycles. The number of halogens is 1. The van der Waals surface area contributed by atoms with E-state index in [0.717, 1.165) is 30.4 Å². The summed E-state index contributed by atoms with van der Waals surface area (Å²) < 4.78 is 11.0. The van der Waals surface area contributed by atoms with Gasteiger partial charge in [0.1, 0.15) is 5.75 Å². The molecule has 1 aromatic rings. The zero-order valence-electron chi connectivity index (χ0n) is 15.3. The van der Waals surface area contributed by atoms with Gasteiger partial charge >= 0.3 is 0 Å². The third-order valence-electron chi connectivity index (χ3n) is 3.93. The monoisotopic (exact) mass is 449 g/mol. The van der Waals surface area contributed by atoms with E-state index in [1.54, 1.807) is 14.2 Å². The molecule has 0 atom stereocenters. The second-order valence-electron chi connectivity index (χ2n) is 5.43. The van der Waals surface area contributed by atoms with E-state index in [0.29, 0.717) is 19.1 Å². The number of aliphatic imine (C=N–C) groups is 1. The topological polar surface area (TPSA) is 54.9 Å². The highest BCUT2D eigenvalue weighted by Gasteiger charge is 2.05. The van der Waals surface area contributed by atoms with Gasteiger partial charge in [-0.2, -0.15) is 0 Å². The van der Waals surface area contributed by atoms with Crippen LogP contribution in [0.2, 0.25) is 0 Å². The SMILES string of the molecule is CCC(CC)CNC(=NC)NCCOCc1ccccc1OC.I. The minimum Gasteiger partial charge on any atom is -0.496 e. The number of methoxy groups -OCH3 is 1. The Balaban J connectivity index is 0.00000529. The Labute approximate surface area is 163 Å². The number of ether oxygens (including phenoxy) is 2. The summed E-state index contributed by atoms with van der Waals surface area (Å²) in [4.78, 5) is 4.23. The van der Waals surface area contributed by atoms with Gasteiger partial charge in [0.2, 0.25) is 0 Å². The number of hydrogen-bond acceptors (Lipinski definition) is 3. The first kappa shape index (κ1) is 23.0. The molecule has 0 amide bonds. The molecule has 0 aliphatic heterocycles. The molecule has 0 aromatic heterocycles. The second kappa shape index (κ2) is 14.3. The van der Waals surface area contributed by atoms with Crippen molar-refractivity contribution in [3.05, 3.63) is 29.8 Å². The van der Waals surface area contributed by atoms with Crippen LogP contribution in [0.25, 0.3) is 0 Å². The number of rotatable bonds is 10. The Bertz CT molecular complexity index is 465. The summed E-state index contributed by atoms with van der Waals surface area (Å²) in [6.45, 7) is 7.27. The van der Waals surface area contributed by atoms with E-state index >= 15 is 0 Å². The van der Waals surface area contributed by atoms with Gasteiger partial charge in [-0.3, -0.25) is 4.99 Å². The highest BCUT2D eigenvalue weighted by molar-refractivity contribution is 14.0. The number of benzene rings is 1. The van der Waals surface area contributed by atoms with Crippen molar-refractivity contribution in [1.82, 2.24) is 10.6 Å². The van der Waals surface area contributed by atoms with E-state index in [2.05, 4.69) is 29.5 Å². The van der Waals surface area contributed by atoms with Gasteiger partial charge in [0, 0.05) is 25.7 Å². The van der Waals surface area contributed by atoms with E-state index < -0.39 is 0 Å². The van der Waals surface area contributed by atoms with Crippen LogP contribution in [-0.2, 0) is 11.3 Å². The van der Waals surface area contributed by atoms with Crippen LogP contribution in [0.3, 0.4) is 0 Å². The Morgan fingerprint density at radius 3 is 2.50 bits per heavy atom. The molecule has 0 saturated heterocycles. The Hall–Kier alpha value is -1.02. The van der Waals surface area contributed by atoms with E-state index in [9.17, 15) is 0 Å². The minimum absolute atomic E-state index is 0. The zero-order valence-corrected chi connectivity index (χ0v) is 17.6. The lowest BCUT2D eigenvalue weighted by Crippen LogP contribution is -2.41. The normalized spacial score (nSPS) is 11.1. The van der Waals surface area contributed by atoms with Crippen molar-refractivity contribution in [2.45, 2.75) is 33.3 Å². The first-order valence-corrected chi connectivity index (χ1v) is 8.39. The molecule has 1 rings (SSSR count). The maximum Gasteiger partial charge on any atom is 0.191 e. The average Bonchev–Trinajstić information content (AvgIpc) is 2.60. The summed E-state index contributed by atoms with van der Waals surface area (Å²) in [7, 11) is 3.47. The molecule has 6 heteroatoms. The van der Waals surface area contributed by atoms with Crippen molar-refractivity contribution in [3.8, 4) is 5.75 Å². The van der Waals surface area contributed by atoms with Crippen molar-refractivity contribution >= 4 is 29.9 Å². The van der Waals surface area contributed by atoms with Crippen molar-refractivity contribution in [2.24, 2.45) is 10.9 Å². The molecule has 138 valence electrons. The fourth-order valence-electron chi connectivity index (χ4n) is 2.28. The minimum atomic E-state index is 0. The summed E-state index contributed by atoms with van der Waals surface area (Å²) >= 11 is 0. The summed E-state index contributed by atoms with van der Waals surface area (Å²) in [6.07, 6.45) is 2.37. The first-order chi connectivity index (χ1) is 11.2. The lowest BCUT2D eigenvalue weighted by Gasteiger charge is -2.16. The number of para-hydroxylation sites is 1. The standard InChI is InChI=1S/C18H31N3O2.HI/c1-5-15(6-2)13-21-18(19-3)20-11-12-23-14-16-9-7-8-10-17(16)22-4;/h7-10,15H,5-6,11-14H2,1-4H3,(H2,19,20,21);1H. The summed E-state index contributed by atoms with van der Waals surface area (Å²) in [5, 5.41) is 6.63. The third-order valence-corrected chi connectivity index (χ3v) is 3.93. The van der Waals surface area contributed by atoms with Crippen LogP contribution >= 0.6 is 24.0 Å². The number of nitrogens with zero attached hydrogens (tertiary/aromatic N) is 1. The fourth-order valence-corrected chi connectivity index (χ4v) is 2.28. The largest absolute Gasteiger partial charge is 0.496 e. The second-order valence-corrected chi connectivity index (χ2v) is 5.43. The summed E-state index contributed by atoms with van der Waals surface area (Å²) in [5.74, 6) is 2.39. The molecule has 2 N–H and O–H groups in total. The molecule has 0 aliphatic carbocycles. The van der Waals surface area contributed by atoms with Crippen LogP contribution in [0.15, 0.2) is 29.3 Å². The molecule has 0 radical (unpaired) electrons. The first-order valence-electron chi connectivity index (χ1n) is 8.39. The smallest absolute Gasteiger partial charge is 0.191 e. The Kier molecular flexibility index (Phi) is 13.7. The molecule has 5 nitrogen and oxygen atoms in total. The average molecular weight is 449 g/mol. The number of nitrogens with one attached hydrogen (secondary N) is 2. The molecular formula is C18H32IN3O2. The molecule has 0 unspecified atom stereocenters.